The number of hydrogen-bond acceptors (Lipinski definition) is 4. The van der Waals surface area contributed by atoms with Crippen molar-refractivity contribution in [3.8, 4) is 11.5 Å². The van der Waals surface area contributed by atoms with Crippen LogP contribution in [0.2, 0.25) is 0 Å². The Morgan fingerprint density at radius 1 is 1.04 bits per heavy atom. The summed E-state index contributed by atoms with van der Waals surface area (Å²) in [6.07, 6.45) is 0.515. The molecule has 0 aliphatic heterocycles. The largest absolute Gasteiger partial charge is 0.497 e. The molecule has 1 N–H and O–H groups in total. The summed E-state index contributed by atoms with van der Waals surface area (Å²) in [5, 5.41) is 2.64. The van der Waals surface area contributed by atoms with Gasteiger partial charge in [0.1, 0.15) is 17.5 Å². The lowest BCUT2D eigenvalue weighted by Gasteiger charge is -2.30. The van der Waals surface area contributed by atoms with E-state index in [1.165, 1.54) is 0 Å². The average molecular weight is 370 g/mol. The number of methoxy groups -OCH3 is 1. The first-order chi connectivity index (χ1) is 13.1. The maximum absolute atomic E-state index is 12.9. The van der Waals surface area contributed by atoms with Gasteiger partial charge >= 0.3 is 0 Å². The highest BCUT2D eigenvalue weighted by atomic mass is 16.5. The zero-order valence-electron chi connectivity index (χ0n) is 16.0. The van der Waals surface area contributed by atoms with Crippen molar-refractivity contribution in [3.05, 3.63) is 60.2 Å². The lowest BCUT2D eigenvalue weighted by molar-refractivity contribution is -0.142. The Kier molecular flexibility index (Phi) is 7.67. The van der Waals surface area contributed by atoms with E-state index in [1.807, 2.05) is 37.3 Å². The van der Waals surface area contributed by atoms with E-state index in [9.17, 15) is 9.59 Å². The average Bonchev–Trinajstić information content (AvgIpc) is 2.72. The van der Waals surface area contributed by atoms with E-state index in [-0.39, 0.29) is 18.4 Å². The van der Waals surface area contributed by atoms with Gasteiger partial charge in [-0.15, -0.1) is 0 Å². The molecule has 6 nitrogen and oxygen atoms in total. The molecule has 0 aromatic heterocycles. The van der Waals surface area contributed by atoms with E-state index >= 15 is 0 Å². The molecule has 0 aliphatic rings. The number of ether oxygens (including phenoxy) is 2. The summed E-state index contributed by atoms with van der Waals surface area (Å²) in [6, 6.07) is 16.1. The van der Waals surface area contributed by atoms with Crippen LogP contribution in [0.5, 0.6) is 11.5 Å². The summed E-state index contributed by atoms with van der Waals surface area (Å²) in [5.41, 5.74) is 0.956. The summed E-state index contributed by atoms with van der Waals surface area (Å²) in [5.74, 6) is 0.846. The van der Waals surface area contributed by atoms with Gasteiger partial charge in [0.2, 0.25) is 5.91 Å². The van der Waals surface area contributed by atoms with E-state index in [0.717, 1.165) is 5.56 Å². The molecule has 0 saturated heterocycles. The molecule has 0 saturated carbocycles. The predicted molar refractivity (Wildman–Crippen MR) is 104 cm³/mol. The highest BCUT2D eigenvalue weighted by Crippen LogP contribution is 2.18. The number of carbonyl (C=O) groups excluding carboxylic acids is 2. The van der Waals surface area contributed by atoms with Gasteiger partial charge in [0.15, 0.2) is 6.61 Å². The number of nitrogens with one attached hydrogen (secondary N) is 1. The fraction of sp³-hybridized carbons (Fsp3) is 0.333. The summed E-state index contributed by atoms with van der Waals surface area (Å²) in [4.78, 5) is 26.7. The Hall–Kier alpha value is -3.02. The van der Waals surface area contributed by atoms with Gasteiger partial charge in [0.05, 0.1) is 7.11 Å². The fourth-order valence-corrected chi connectivity index (χ4v) is 2.77. The second-order valence-corrected chi connectivity index (χ2v) is 6.01. The highest BCUT2D eigenvalue weighted by Gasteiger charge is 2.28. The molecule has 0 aliphatic carbocycles. The van der Waals surface area contributed by atoms with Crippen LogP contribution in [-0.2, 0) is 16.1 Å². The minimum absolute atomic E-state index is 0.146. The number of benzene rings is 2. The van der Waals surface area contributed by atoms with E-state index in [4.69, 9.17) is 9.47 Å². The third-order valence-corrected chi connectivity index (χ3v) is 4.25. The van der Waals surface area contributed by atoms with E-state index < -0.39 is 6.04 Å². The van der Waals surface area contributed by atoms with Crippen molar-refractivity contribution in [2.75, 3.05) is 20.8 Å². The quantitative estimate of drug-likeness (QED) is 0.737. The SMILES string of the molecule is CC[C@@H](C(=O)NC)N(Cc1ccccc1)C(=O)COc1ccc(OC)cc1. The first-order valence-electron chi connectivity index (χ1n) is 8.90. The molecule has 1 atom stereocenters. The van der Waals surface area contributed by atoms with Gasteiger partial charge in [-0.25, -0.2) is 0 Å². The van der Waals surface area contributed by atoms with Gasteiger partial charge in [-0.1, -0.05) is 37.3 Å². The minimum atomic E-state index is -0.554. The molecular formula is C21H26N2O4. The monoisotopic (exact) mass is 370 g/mol. The van der Waals surface area contributed by atoms with Gasteiger partial charge in [0.25, 0.3) is 5.91 Å². The zero-order valence-corrected chi connectivity index (χ0v) is 16.0. The van der Waals surface area contributed by atoms with E-state index in [2.05, 4.69) is 5.32 Å². The second kappa shape index (κ2) is 10.2. The Bertz CT molecular complexity index is 732. The Balaban J connectivity index is 2.12. The second-order valence-electron chi connectivity index (χ2n) is 6.01. The van der Waals surface area contributed by atoms with Gasteiger partial charge in [-0.2, -0.15) is 0 Å². The smallest absolute Gasteiger partial charge is 0.261 e. The molecule has 2 aromatic rings. The molecule has 0 unspecified atom stereocenters. The Morgan fingerprint density at radius 3 is 2.22 bits per heavy atom. The molecule has 0 fully saturated rings. The first kappa shape index (κ1) is 20.3. The zero-order chi connectivity index (χ0) is 19.6. The molecule has 2 rings (SSSR count). The number of nitrogens with zero attached hydrogens (tertiary/aromatic N) is 1. The molecule has 0 spiro atoms. The van der Waals surface area contributed by atoms with Crippen LogP contribution < -0.4 is 14.8 Å². The fourth-order valence-electron chi connectivity index (χ4n) is 2.77. The van der Waals surface area contributed by atoms with Crippen LogP contribution in [-0.4, -0.2) is 43.5 Å². The van der Waals surface area contributed by atoms with E-state index in [0.29, 0.717) is 24.5 Å². The van der Waals surface area contributed by atoms with Crippen LogP contribution in [0.1, 0.15) is 18.9 Å². The number of hydrogen-bond donors (Lipinski definition) is 1. The summed E-state index contributed by atoms with van der Waals surface area (Å²) >= 11 is 0. The Labute approximate surface area is 160 Å². The van der Waals surface area contributed by atoms with Crippen molar-refractivity contribution in [2.24, 2.45) is 0 Å². The van der Waals surface area contributed by atoms with Crippen LogP contribution in [0.3, 0.4) is 0 Å². The van der Waals surface area contributed by atoms with Gasteiger partial charge < -0.3 is 19.7 Å². The molecule has 0 radical (unpaired) electrons. The van der Waals surface area contributed by atoms with Crippen molar-refractivity contribution >= 4 is 11.8 Å². The van der Waals surface area contributed by atoms with Crippen LogP contribution >= 0.6 is 0 Å². The maximum atomic E-state index is 12.9. The molecule has 6 heteroatoms. The standard InChI is InChI=1S/C21H26N2O4/c1-4-19(21(25)22-2)23(14-16-8-6-5-7-9-16)20(24)15-27-18-12-10-17(26-3)11-13-18/h5-13,19H,4,14-15H2,1-3H3,(H,22,25)/t19-/m0/s1. The van der Waals surface area contributed by atoms with Gasteiger partial charge in [-0.3, -0.25) is 9.59 Å². The van der Waals surface area contributed by atoms with Gasteiger partial charge in [0, 0.05) is 13.6 Å². The normalized spacial score (nSPS) is 11.4. The molecule has 0 heterocycles. The van der Waals surface area contributed by atoms with Crippen molar-refractivity contribution < 1.29 is 19.1 Å². The third kappa shape index (κ3) is 5.74. The molecule has 2 amide bonds. The van der Waals surface area contributed by atoms with Crippen LogP contribution in [0.4, 0.5) is 0 Å². The summed E-state index contributed by atoms with van der Waals surface area (Å²) < 4.78 is 10.7. The summed E-state index contributed by atoms with van der Waals surface area (Å²) in [6.45, 7) is 2.08. The third-order valence-electron chi connectivity index (χ3n) is 4.25. The van der Waals surface area contributed by atoms with Crippen molar-refractivity contribution in [2.45, 2.75) is 25.9 Å². The molecule has 144 valence electrons. The van der Waals surface area contributed by atoms with Gasteiger partial charge in [-0.05, 0) is 36.2 Å². The number of amides is 2. The van der Waals surface area contributed by atoms with Crippen LogP contribution in [0.25, 0.3) is 0 Å². The predicted octanol–water partition coefficient (Wildman–Crippen LogP) is 2.63. The topological polar surface area (TPSA) is 67.9 Å². The number of carbonyl (C=O) groups is 2. The van der Waals surface area contributed by atoms with Crippen LogP contribution in [0.15, 0.2) is 54.6 Å². The molecule has 2 aromatic carbocycles. The van der Waals surface area contributed by atoms with Crippen molar-refractivity contribution in [3.63, 3.8) is 0 Å². The Morgan fingerprint density at radius 2 is 1.67 bits per heavy atom. The number of likely N-dealkylation sites (N-methyl/N-ethyl adjacent to an activating group) is 1. The van der Waals surface area contributed by atoms with Crippen molar-refractivity contribution in [1.29, 1.82) is 0 Å². The van der Waals surface area contributed by atoms with Crippen LogP contribution in [0, 0.1) is 0 Å². The van der Waals surface area contributed by atoms with E-state index in [1.54, 1.807) is 43.3 Å². The maximum Gasteiger partial charge on any atom is 0.261 e. The highest BCUT2D eigenvalue weighted by molar-refractivity contribution is 5.88. The molecule has 27 heavy (non-hydrogen) atoms. The van der Waals surface area contributed by atoms with Crippen molar-refractivity contribution in [1.82, 2.24) is 10.2 Å². The minimum Gasteiger partial charge on any atom is -0.497 e. The first-order valence-corrected chi connectivity index (χ1v) is 8.90. The lowest BCUT2D eigenvalue weighted by atomic mass is 10.1. The number of rotatable bonds is 9. The lowest BCUT2D eigenvalue weighted by Crippen LogP contribution is -2.49. The molecule has 0 bridgehead atoms. The summed E-state index contributed by atoms with van der Waals surface area (Å²) in [7, 11) is 3.16. The molecular weight excluding hydrogens is 344 g/mol.